The average Bonchev–Trinajstić information content (AvgIpc) is 3.53. The number of rotatable bonds is 6. The van der Waals surface area contributed by atoms with Crippen LogP contribution < -0.4 is 15.1 Å². The lowest BCUT2D eigenvalue weighted by Crippen LogP contribution is -3.16. The van der Waals surface area contributed by atoms with Gasteiger partial charge in [-0.2, -0.15) is 0 Å². The van der Waals surface area contributed by atoms with Crippen LogP contribution in [0.1, 0.15) is 24.4 Å². The summed E-state index contributed by atoms with van der Waals surface area (Å²) in [5.74, 6) is 0.118. The Morgan fingerprint density at radius 3 is 2.29 bits per heavy atom. The van der Waals surface area contributed by atoms with Gasteiger partial charge in [-0.1, -0.05) is 30.3 Å². The Bertz CT molecular complexity index is 828. The standard InChI is InChI=1S/C21H24N4O3/c26-21(22-17-6-7-17)20(16-4-2-1-3-5-16)24-14-12-23(13-15-24)18-8-10-19(11-9-18)25(27)28/h1-5,8-11,17,20H,6-7,12-15H2,(H,22,26)/p+1/t20-/m0/s1. The van der Waals surface area contributed by atoms with Crippen molar-refractivity contribution in [3.8, 4) is 0 Å². The molecule has 1 aliphatic carbocycles. The molecule has 0 radical (unpaired) electrons. The molecule has 146 valence electrons. The highest BCUT2D eigenvalue weighted by Gasteiger charge is 2.36. The molecular formula is C21H25N4O3+. The molecule has 1 amide bonds. The molecule has 2 aromatic rings. The summed E-state index contributed by atoms with van der Waals surface area (Å²) in [6.45, 7) is 3.31. The van der Waals surface area contributed by atoms with E-state index in [9.17, 15) is 14.9 Å². The maximum absolute atomic E-state index is 12.9. The third-order valence-corrected chi connectivity index (χ3v) is 5.56. The maximum Gasteiger partial charge on any atom is 0.283 e. The Balaban J connectivity index is 1.45. The number of piperazine rings is 1. The predicted octanol–water partition coefficient (Wildman–Crippen LogP) is 1.32. The van der Waals surface area contributed by atoms with Crippen LogP contribution in [0, 0.1) is 10.1 Å². The van der Waals surface area contributed by atoms with Crippen molar-refractivity contribution in [2.24, 2.45) is 0 Å². The van der Waals surface area contributed by atoms with Gasteiger partial charge in [-0.05, 0) is 25.0 Å². The van der Waals surface area contributed by atoms with Crippen LogP contribution in [-0.2, 0) is 4.79 Å². The fraction of sp³-hybridized carbons (Fsp3) is 0.381. The number of amides is 1. The summed E-state index contributed by atoms with van der Waals surface area (Å²) in [6.07, 6.45) is 2.16. The summed E-state index contributed by atoms with van der Waals surface area (Å²) in [6, 6.07) is 16.9. The normalized spacial score (nSPS) is 18.5. The summed E-state index contributed by atoms with van der Waals surface area (Å²) in [7, 11) is 0. The molecule has 2 fully saturated rings. The van der Waals surface area contributed by atoms with Gasteiger partial charge in [-0.25, -0.2) is 0 Å². The lowest BCUT2D eigenvalue weighted by Gasteiger charge is -2.37. The van der Waals surface area contributed by atoms with Crippen molar-refractivity contribution in [2.75, 3.05) is 31.1 Å². The number of hydrogen-bond donors (Lipinski definition) is 2. The van der Waals surface area contributed by atoms with E-state index in [1.54, 1.807) is 24.3 Å². The van der Waals surface area contributed by atoms with Gasteiger partial charge in [0.1, 0.15) is 0 Å². The Kier molecular flexibility index (Phi) is 5.25. The van der Waals surface area contributed by atoms with Crippen molar-refractivity contribution in [1.29, 1.82) is 0 Å². The second-order valence-electron chi connectivity index (χ2n) is 7.55. The van der Waals surface area contributed by atoms with Crippen LogP contribution >= 0.6 is 0 Å². The number of quaternary nitrogens is 1. The fourth-order valence-electron chi connectivity index (χ4n) is 3.86. The molecule has 2 aromatic carbocycles. The van der Waals surface area contributed by atoms with Crippen molar-refractivity contribution >= 4 is 17.3 Å². The van der Waals surface area contributed by atoms with Crippen molar-refractivity contribution < 1.29 is 14.6 Å². The van der Waals surface area contributed by atoms with Gasteiger partial charge in [0.15, 0.2) is 6.04 Å². The van der Waals surface area contributed by atoms with E-state index in [1.165, 1.54) is 4.90 Å². The number of carbonyl (C=O) groups is 1. The number of non-ortho nitro benzene ring substituents is 1. The number of nitrogens with zero attached hydrogens (tertiary/aromatic N) is 2. The van der Waals surface area contributed by atoms with Gasteiger partial charge in [-0.3, -0.25) is 14.9 Å². The van der Waals surface area contributed by atoms with Gasteiger partial charge in [0.25, 0.3) is 11.6 Å². The van der Waals surface area contributed by atoms with E-state index in [2.05, 4.69) is 10.2 Å². The second-order valence-corrected chi connectivity index (χ2v) is 7.55. The van der Waals surface area contributed by atoms with E-state index in [4.69, 9.17) is 0 Å². The van der Waals surface area contributed by atoms with E-state index in [1.807, 2.05) is 30.3 Å². The van der Waals surface area contributed by atoms with Crippen LogP contribution in [0.15, 0.2) is 54.6 Å². The molecule has 0 unspecified atom stereocenters. The molecule has 1 heterocycles. The maximum atomic E-state index is 12.9. The van der Waals surface area contributed by atoms with E-state index in [0.717, 1.165) is 50.3 Å². The minimum atomic E-state index is -0.380. The molecule has 2 N–H and O–H groups in total. The summed E-state index contributed by atoms with van der Waals surface area (Å²) < 4.78 is 0. The number of anilines is 1. The Morgan fingerprint density at radius 2 is 1.71 bits per heavy atom. The molecule has 2 aliphatic rings. The molecule has 0 spiro atoms. The quantitative estimate of drug-likeness (QED) is 0.584. The minimum Gasteiger partial charge on any atom is -0.360 e. The molecule has 7 nitrogen and oxygen atoms in total. The molecule has 28 heavy (non-hydrogen) atoms. The molecule has 0 bridgehead atoms. The third kappa shape index (κ3) is 4.14. The zero-order valence-corrected chi connectivity index (χ0v) is 15.7. The summed E-state index contributed by atoms with van der Waals surface area (Å²) in [5.41, 5.74) is 2.15. The molecule has 1 aliphatic heterocycles. The molecule has 1 saturated heterocycles. The molecular weight excluding hydrogens is 356 g/mol. The first-order chi connectivity index (χ1) is 13.6. The zero-order valence-electron chi connectivity index (χ0n) is 15.7. The minimum absolute atomic E-state index is 0.105. The first kappa shape index (κ1) is 18.4. The van der Waals surface area contributed by atoms with Gasteiger partial charge in [-0.15, -0.1) is 0 Å². The molecule has 1 saturated carbocycles. The number of nitro groups is 1. The third-order valence-electron chi connectivity index (χ3n) is 5.56. The number of nitrogens with one attached hydrogen (secondary N) is 2. The Hall–Kier alpha value is -2.93. The Morgan fingerprint density at radius 1 is 1.07 bits per heavy atom. The van der Waals surface area contributed by atoms with Crippen LogP contribution in [-0.4, -0.2) is 43.1 Å². The number of carbonyl (C=O) groups excluding carboxylic acids is 1. The molecule has 1 atom stereocenters. The van der Waals surface area contributed by atoms with Crippen LogP contribution in [0.25, 0.3) is 0 Å². The van der Waals surface area contributed by atoms with E-state index in [-0.39, 0.29) is 22.6 Å². The van der Waals surface area contributed by atoms with Crippen LogP contribution in [0.5, 0.6) is 0 Å². The van der Waals surface area contributed by atoms with Gasteiger partial charge in [0.2, 0.25) is 0 Å². The highest BCUT2D eigenvalue weighted by atomic mass is 16.6. The lowest BCUT2D eigenvalue weighted by atomic mass is 10.0. The predicted molar refractivity (Wildman–Crippen MR) is 106 cm³/mol. The van der Waals surface area contributed by atoms with Gasteiger partial charge < -0.3 is 15.1 Å². The van der Waals surface area contributed by atoms with Gasteiger partial charge >= 0.3 is 0 Å². The topological polar surface area (TPSA) is 79.9 Å². The van der Waals surface area contributed by atoms with Gasteiger partial charge in [0, 0.05) is 29.4 Å². The van der Waals surface area contributed by atoms with Crippen molar-refractivity contribution in [3.05, 3.63) is 70.3 Å². The van der Waals surface area contributed by atoms with Crippen LogP contribution in [0.4, 0.5) is 11.4 Å². The number of nitro benzene ring substituents is 1. The van der Waals surface area contributed by atoms with E-state index < -0.39 is 0 Å². The largest absolute Gasteiger partial charge is 0.360 e. The second kappa shape index (κ2) is 7.98. The van der Waals surface area contributed by atoms with Crippen molar-refractivity contribution in [1.82, 2.24) is 5.32 Å². The number of hydrogen-bond acceptors (Lipinski definition) is 4. The highest BCUT2D eigenvalue weighted by molar-refractivity contribution is 5.82. The van der Waals surface area contributed by atoms with E-state index in [0.29, 0.717) is 6.04 Å². The van der Waals surface area contributed by atoms with E-state index >= 15 is 0 Å². The number of benzene rings is 2. The smallest absolute Gasteiger partial charge is 0.283 e. The average molecular weight is 381 g/mol. The Labute approximate surface area is 164 Å². The fourth-order valence-corrected chi connectivity index (χ4v) is 3.86. The monoisotopic (exact) mass is 381 g/mol. The molecule has 0 aromatic heterocycles. The van der Waals surface area contributed by atoms with Crippen molar-refractivity contribution in [2.45, 2.75) is 24.9 Å². The van der Waals surface area contributed by atoms with Gasteiger partial charge in [0.05, 0.1) is 31.1 Å². The lowest BCUT2D eigenvalue weighted by molar-refractivity contribution is -0.922. The molecule has 7 heteroatoms. The summed E-state index contributed by atoms with van der Waals surface area (Å²) in [4.78, 5) is 26.9. The first-order valence-electron chi connectivity index (χ1n) is 9.81. The highest BCUT2D eigenvalue weighted by Crippen LogP contribution is 2.22. The first-order valence-corrected chi connectivity index (χ1v) is 9.81. The summed E-state index contributed by atoms with van der Waals surface area (Å²) >= 11 is 0. The zero-order chi connectivity index (χ0) is 19.5. The SMILES string of the molecule is O=C(NC1CC1)[C@H](c1ccccc1)[NH+]1CCN(c2ccc([N+](=O)[O-])cc2)CC1. The summed E-state index contributed by atoms with van der Waals surface area (Å²) in [5, 5.41) is 14.0. The van der Waals surface area contributed by atoms with Crippen LogP contribution in [0.3, 0.4) is 0 Å². The van der Waals surface area contributed by atoms with Crippen LogP contribution in [0.2, 0.25) is 0 Å². The van der Waals surface area contributed by atoms with Crippen molar-refractivity contribution in [3.63, 3.8) is 0 Å². The molecule has 4 rings (SSSR count).